The number of H-pyrrole nitrogens is 1. The normalized spacial score (nSPS) is 10.2. The smallest absolute Gasteiger partial charge is 0.293 e. The number of rotatable bonds is 7. The van der Waals surface area contributed by atoms with Crippen molar-refractivity contribution < 1.29 is 9.72 Å². The van der Waals surface area contributed by atoms with E-state index in [2.05, 4.69) is 20.5 Å². The predicted octanol–water partition coefficient (Wildman–Crippen LogP) is 1.57. The number of hydrogen-bond acceptors (Lipinski definition) is 6. The Morgan fingerprint density at radius 1 is 1.45 bits per heavy atom. The van der Waals surface area contributed by atoms with Gasteiger partial charge < -0.3 is 5.32 Å². The first-order chi connectivity index (χ1) is 9.70. The SMILES string of the molecule is O=Cc1ccc(NCCCc2ncn[nH]2)c([N+](=O)[O-])c1. The van der Waals surface area contributed by atoms with Gasteiger partial charge >= 0.3 is 0 Å². The van der Waals surface area contributed by atoms with Crippen LogP contribution in [-0.4, -0.2) is 32.9 Å². The van der Waals surface area contributed by atoms with E-state index in [1.54, 1.807) is 6.07 Å². The lowest BCUT2D eigenvalue weighted by Gasteiger charge is -2.06. The van der Waals surface area contributed by atoms with E-state index < -0.39 is 4.92 Å². The molecule has 0 aliphatic rings. The average molecular weight is 275 g/mol. The minimum absolute atomic E-state index is 0.103. The maximum atomic E-state index is 10.9. The van der Waals surface area contributed by atoms with Crippen molar-refractivity contribution in [2.45, 2.75) is 12.8 Å². The number of nitro benzene ring substituents is 1. The molecule has 1 aromatic heterocycles. The maximum Gasteiger partial charge on any atom is 0.293 e. The quantitative estimate of drug-likeness (QED) is 0.343. The van der Waals surface area contributed by atoms with Crippen LogP contribution in [0.2, 0.25) is 0 Å². The fourth-order valence-electron chi connectivity index (χ4n) is 1.75. The molecule has 8 nitrogen and oxygen atoms in total. The van der Waals surface area contributed by atoms with Gasteiger partial charge in [-0.1, -0.05) is 0 Å². The molecular formula is C12H13N5O3. The first kappa shape index (κ1) is 13.7. The van der Waals surface area contributed by atoms with Gasteiger partial charge in [0.15, 0.2) is 0 Å². The Kier molecular flexibility index (Phi) is 4.38. The molecule has 0 atom stereocenters. The highest BCUT2D eigenvalue weighted by atomic mass is 16.6. The third-order valence-corrected chi connectivity index (χ3v) is 2.73. The van der Waals surface area contributed by atoms with Crippen molar-refractivity contribution in [3.8, 4) is 0 Å². The van der Waals surface area contributed by atoms with Crippen LogP contribution in [0.15, 0.2) is 24.5 Å². The van der Waals surface area contributed by atoms with Crippen LogP contribution in [0.25, 0.3) is 0 Å². The van der Waals surface area contributed by atoms with Crippen LogP contribution in [0, 0.1) is 10.1 Å². The molecule has 0 radical (unpaired) electrons. The predicted molar refractivity (Wildman–Crippen MR) is 71.7 cm³/mol. The summed E-state index contributed by atoms with van der Waals surface area (Å²) < 4.78 is 0. The van der Waals surface area contributed by atoms with Crippen molar-refractivity contribution >= 4 is 17.7 Å². The van der Waals surface area contributed by atoms with Crippen LogP contribution in [0.1, 0.15) is 22.6 Å². The lowest BCUT2D eigenvalue weighted by Crippen LogP contribution is -2.06. The van der Waals surface area contributed by atoms with Gasteiger partial charge in [-0.2, -0.15) is 5.10 Å². The van der Waals surface area contributed by atoms with Gasteiger partial charge in [0.05, 0.1) is 4.92 Å². The van der Waals surface area contributed by atoms with Gasteiger partial charge in [-0.15, -0.1) is 0 Å². The summed E-state index contributed by atoms with van der Waals surface area (Å²) in [7, 11) is 0. The van der Waals surface area contributed by atoms with Crippen LogP contribution in [-0.2, 0) is 6.42 Å². The van der Waals surface area contributed by atoms with Gasteiger partial charge in [0.2, 0.25) is 0 Å². The highest BCUT2D eigenvalue weighted by Gasteiger charge is 2.13. The second kappa shape index (κ2) is 6.41. The number of benzene rings is 1. The number of hydrogen-bond donors (Lipinski definition) is 2. The van der Waals surface area contributed by atoms with Crippen molar-refractivity contribution in [1.29, 1.82) is 0 Å². The topological polar surface area (TPSA) is 114 Å². The Hall–Kier alpha value is -2.77. The molecule has 2 rings (SSSR count). The molecule has 0 fully saturated rings. The van der Waals surface area contributed by atoms with Gasteiger partial charge in [-0.05, 0) is 18.6 Å². The Labute approximate surface area is 114 Å². The second-order valence-electron chi connectivity index (χ2n) is 4.11. The number of aromatic amines is 1. The number of carbonyl (C=O) groups is 1. The van der Waals surface area contributed by atoms with Crippen LogP contribution in [0.4, 0.5) is 11.4 Å². The number of aldehydes is 1. The van der Waals surface area contributed by atoms with E-state index in [9.17, 15) is 14.9 Å². The zero-order chi connectivity index (χ0) is 14.4. The molecule has 2 aromatic rings. The largest absolute Gasteiger partial charge is 0.379 e. The molecule has 0 unspecified atom stereocenters. The molecule has 0 saturated heterocycles. The summed E-state index contributed by atoms with van der Waals surface area (Å²) in [6, 6.07) is 4.33. The van der Waals surface area contributed by atoms with Crippen LogP contribution >= 0.6 is 0 Å². The number of nitro groups is 1. The lowest BCUT2D eigenvalue weighted by atomic mass is 10.2. The zero-order valence-electron chi connectivity index (χ0n) is 10.6. The third kappa shape index (κ3) is 3.37. The monoisotopic (exact) mass is 275 g/mol. The van der Waals surface area contributed by atoms with Crippen LogP contribution in [0.3, 0.4) is 0 Å². The summed E-state index contributed by atoms with van der Waals surface area (Å²) >= 11 is 0. The van der Waals surface area contributed by atoms with Crippen molar-refractivity contribution in [3.05, 3.63) is 46.0 Å². The molecule has 20 heavy (non-hydrogen) atoms. The van der Waals surface area contributed by atoms with E-state index >= 15 is 0 Å². The van der Waals surface area contributed by atoms with E-state index in [1.165, 1.54) is 18.5 Å². The fraction of sp³-hybridized carbons (Fsp3) is 0.250. The Morgan fingerprint density at radius 2 is 2.30 bits per heavy atom. The lowest BCUT2D eigenvalue weighted by molar-refractivity contribution is -0.384. The molecule has 0 aliphatic heterocycles. The number of anilines is 1. The summed E-state index contributed by atoms with van der Waals surface area (Å²) in [6.07, 6.45) is 3.47. The molecule has 1 heterocycles. The Balaban J connectivity index is 1.94. The van der Waals surface area contributed by atoms with E-state index in [0.717, 1.165) is 12.2 Å². The molecule has 1 aromatic carbocycles. The number of aromatic nitrogens is 3. The summed E-state index contributed by atoms with van der Waals surface area (Å²) in [6.45, 7) is 0.558. The first-order valence-corrected chi connectivity index (χ1v) is 6.02. The van der Waals surface area contributed by atoms with Gasteiger partial charge in [0.25, 0.3) is 5.69 Å². The highest BCUT2D eigenvalue weighted by molar-refractivity contribution is 5.79. The summed E-state index contributed by atoms with van der Waals surface area (Å²) in [4.78, 5) is 25.0. The first-order valence-electron chi connectivity index (χ1n) is 6.02. The van der Waals surface area contributed by atoms with Gasteiger partial charge in [-0.25, -0.2) is 4.98 Å². The molecule has 0 aliphatic carbocycles. The minimum atomic E-state index is -0.508. The molecular weight excluding hydrogens is 262 g/mol. The minimum Gasteiger partial charge on any atom is -0.379 e. The number of nitrogens with zero attached hydrogens (tertiary/aromatic N) is 3. The van der Waals surface area contributed by atoms with Gasteiger partial charge in [-0.3, -0.25) is 20.0 Å². The summed E-state index contributed by atoms with van der Waals surface area (Å²) in [5, 5.41) is 20.4. The van der Waals surface area contributed by atoms with Gasteiger partial charge in [0, 0.05) is 24.6 Å². The second-order valence-corrected chi connectivity index (χ2v) is 4.11. The number of aryl methyl sites for hydroxylation is 1. The molecule has 0 saturated carbocycles. The molecule has 2 N–H and O–H groups in total. The fourth-order valence-corrected chi connectivity index (χ4v) is 1.75. The molecule has 0 bridgehead atoms. The average Bonchev–Trinajstić information content (AvgIpc) is 2.96. The molecule has 0 spiro atoms. The van der Waals surface area contributed by atoms with Crippen molar-refractivity contribution in [3.63, 3.8) is 0 Å². The standard InChI is InChI=1S/C12H13N5O3/c18-7-9-3-4-10(11(6-9)17(19)20)13-5-1-2-12-14-8-15-16-12/h3-4,6-8,13H,1-2,5H2,(H,14,15,16). The van der Waals surface area contributed by atoms with Gasteiger partial charge in [0.1, 0.15) is 24.1 Å². The van der Waals surface area contributed by atoms with Crippen LogP contribution in [0.5, 0.6) is 0 Å². The molecule has 104 valence electrons. The third-order valence-electron chi connectivity index (χ3n) is 2.73. The maximum absolute atomic E-state index is 10.9. The summed E-state index contributed by atoms with van der Waals surface area (Å²) in [5.41, 5.74) is 0.580. The summed E-state index contributed by atoms with van der Waals surface area (Å²) in [5.74, 6) is 0.776. The Morgan fingerprint density at radius 3 is 2.95 bits per heavy atom. The zero-order valence-corrected chi connectivity index (χ0v) is 10.6. The van der Waals surface area contributed by atoms with E-state index in [4.69, 9.17) is 0 Å². The van der Waals surface area contributed by atoms with Crippen molar-refractivity contribution in [1.82, 2.24) is 15.2 Å². The molecule has 8 heteroatoms. The Bertz CT molecular complexity index is 597. The molecule has 0 amide bonds. The van der Waals surface area contributed by atoms with Crippen LogP contribution < -0.4 is 5.32 Å². The van der Waals surface area contributed by atoms with E-state index in [-0.39, 0.29) is 11.3 Å². The number of carbonyl (C=O) groups excluding carboxylic acids is 1. The van der Waals surface area contributed by atoms with E-state index in [0.29, 0.717) is 24.9 Å². The number of nitrogens with one attached hydrogen (secondary N) is 2. The van der Waals surface area contributed by atoms with E-state index in [1.807, 2.05) is 0 Å². The highest BCUT2D eigenvalue weighted by Crippen LogP contribution is 2.24. The van der Waals surface area contributed by atoms with Crippen molar-refractivity contribution in [2.75, 3.05) is 11.9 Å². The van der Waals surface area contributed by atoms with Crippen molar-refractivity contribution in [2.24, 2.45) is 0 Å².